The van der Waals surface area contributed by atoms with Crippen molar-refractivity contribution in [3.05, 3.63) is 35.4 Å². The summed E-state index contributed by atoms with van der Waals surface area (Å²) in [6.45, 7) is 0. The van der Waals surface area contributed by atoms with Crippen molar-refractivity contribution in [2.45, 2.75) is 18.9 Å². The molecule has 0 aromatic heterocycles. The van der Waals surface area contributed by atoms with E-state index in [0.29, 0.717) is 0 Å². The molecule has 0 saturated carbocycles. The molecule has 1 aromatic rings. The molecule has 2 rings (SSSR count). The first-order valence-corrected chi connectivity index (χ1v) is 6.24. The number of carboxylic acids is 1. The lowest BCUT2D eigenvalue weighted by atomic mass is 10.1. The molecule has 0 saturated heterocycles. The zero-order valence-electron chi connectivity index (χ0n) is 11.2. The van der Waals surface area contributed by atoms with E-state index in [4.69, 9.17) is 5.11 Å². The quantitative estimate of drug-likeness (QED) is 0.632. The van der Waals surface area contributed by atoms with E-state index in [-0.39, 0.29) is 24.0 Å². The topological polar surface area (TPSA) is 101 Å². The SMILES string of the molecule is COC(=O)C(CCC(=O)O)N1C(=O)c2ccccc2C1=O. The highest BCUT2D eigenvalue weighted by atomic mass is 16.5. The summed E-state index contributed by atoms with van der Waals surface area (Å²) in [5.74, 6) is -3.17. The summed E-state index contributed by atoms with van der Waals surface area (Å²) in [4.78, 5) is 47.8. The molecule has 0 aliphatic carbocycles. The highest BCUT2D eigenvalue weighted by Crippen LogP contribution is 2.26. The molecule has 110 valence electrons. The molecule has 1 atom stereocenters. The van der Waals surface area contributed by atoms with E-state index in [1.54, 1.807) is 12.1 Å². The van der Waals surface area contributed by atoms with Crippen LogP contribution in [0.25, 0.3) is 0 Å². The van der Waals surface area contributed by atoms with Gasteiger partial charge in [0.15, 0.2) is 0 Å². The first kappa shape index (κ1) is 14.7. The molecule has 21 heavy (non-hydrogen) atoms. The predicted octanol–water partition coefficient (Wildman–Crippen LogP) is 0.689. The van der Waals surface area contributed by atoms with Crippen LogP contribution in [0.3, 0.4) is 0 Å². The minimum Gasteiger partial charge on any atom is -0.481 e. The summed E-state index contributed by atoms with van der Waals surface area (Å²) in [5.41, 5.74) is 0.401. The van der Waals surface area contributed by atoms with Crippen LogP contribution in [0.5, 0.6) is 0 Å². The lowest BCUT2D eigenvalue weighted by molar-refractivity contribution is -0.146. The van der Waals surface area contributed by atoms with Gasteiger partial charge in [-0.3, -0.25) is 19.3 Å². The molecule has 1 N–H and O–H groups in total. The van der Waals surface area contributed by atoms with E-state index < -0.39 is 29.8 Å². The number of benzene rings is 1. The number of carbonyl (C=O) groups excluding carboxylic acids is 3. The number of hydrogen-bond donors (Lipinski definition) is 1. The van der Waals surface area contributed by atoms with Crippen molar-refractivity contribution in [1.82, 2.24) is 4.90 Å². The van der Waals surface area contributed by atoms with Gasteiger partial charge in [0.2, 0.25) is 0 Å². The second-order valence-corrected chi connectivity index (χ2v) is 4.50. The average molecular weight is 291 g/mol. The highest BCUT2D eigenvalue weighted by molar-refractivity contribution is 6.22. The summed E-state index contributed by atoms with van der Waals surface area (Å²) >= 11 is 0. The first-order chi connectivity index (χ1) is 9.97. The van der Waals surface area contributed by atoms with Crippen LogP contribution in [-0.4, -0.2) is 46.9 Å². The summed E-state index contributed by atoms with van der Waals surface area (Å²) < 4.78 is 4.57. The number of imide groups is 1. The van der Waals surface area contributed by atoms with Crippen molar-refractivity contribution >= 4 is 23.8 Å². The second kappa shape index (κ2) is 5.74. The second-order valence-electron chi connectivity index (χ2n) is 4.50. The van der Waals surface area contributed by atoms with Gasteiger partial charge in [0.1, 0.15) is 6.04 Å². The average Bonchev–Trinajstić information content (AvgIpc) is 2.72. The lowest BCUT2D eigenvalue weighted by Gasteiger charge is -2.23. The fourth-order valence-electron chi connectivity index (χ4n) is 2.24. The Morgan fingerprint density at radius 3 is 2.14 bits per heavy atom. The van der Waals surface area contributed by atoms with E-state index in [1.807, 2.05) is 0 Å². The molecular weight excluding hydrogens is 278 g/mol. The maximum absolute atomic E-state index is 12.3. The standard InChI is InChI=1S/C14H13NO6/c1-21-14(20)10(6-7-11(16)17)15-12(18)8-4-2-3-5-9(8)13(15)19/h2-5,10H,6-7H2,1H3,(H,16,17). The number of ether oxygens (including phenoxy) is 1. The van der Waals surface area contributed by atoms with E-state index in [1.165, 1.54) is 12.1 Å². The van der Waals surface area contributed by atoms with E-state index in [0.717, 1.165) is 12.0 Å². The van der Waals surface area contributed by atoms with Crippen LogP contribution in [-0.2, 0) is 14.3 Å². The number of carbonyl (C=O) groups is 4. The minimum absolute atomic E-state index is 0.187. The summed E-state index contributed by atoms with van der Waals surface area (Å²) in [5, 5.41) is 8.72. The molecule has 0 spiro atoms. The van der Waals surface area contributed by atoms with Crippen molar-refractivity contribution in [2.75, 3.05) is 7.11 Å². The molecule has 1 aromatic carbocycles. The Morgan fingerprint density at radius 1 is 1.19 bits per heavy atom. The van der Waals surface area contributed by atoms with Crippen LogP contribution >= 0.6 is 0 Å². The van der Waals surface area contributed by atoms with Crippen LogP contribution in [0, 0.1) is 0 Å². The van der Waals surface area contributed by atoms with Crippen molar-refractivity contribution in [2.24, 2.45) is 0 Å². The van der Waals surface area contributed by atoms with Gasteiger partial charge in [-0.2, -0.15) is 0 Å². The monoisotopic (exact) mass is 291 g/mol. The van der Waals surface area contributed by atoms with Crippen molar-refractivity contribution < 1.29 is 29.0 Å². The van der Waals surface area contributed by atoms with Gasteiger partial charge in [0, 0.05) is 6.42 Å². The summed E-state index contributed by atoms with van der Waals surface area (Å²) in [6, 6.07) is 4.95. The fraction of sp³-hybridized carbons (Fsp3) is 0.286. The summed E-state index contributed by atoms with van der Waals surface area (Å²) in [6.07, 6.45) is -0.541. The molecule has 0 radical (unpaired) electrons. The number of hydrogen-bond acceptors (Lipinski definition) is 5. The largest absolute Gasteiger partial charge is 0.481 e. The van der Waals surface area contributed by atoms with Gasteiger partial charge < -0.3 is 9.84 Å². The molecule has 7 heteroatoms. The Labute approximate surface area is 120 Å². The van der Waals surface area contributed by atoms with Crippen LogP contribution in [0.2, 0.25) is 0 Å². The van der Waals surface area contributed by atoms with Crippen LogP contribution < -0.4 is 0 Å². The first-order valence-electron chi connectivity index (χ1n) is 6.24. The number of esters is 1. The number of rotatable bonds is 5. The van der Waals surface area contributed by atoms with E-state index >= 15 is 0 Å². The molecule has 1 aliphatic heterocycles. The van der Waals surface area contributed by atoms with E-state index in [2.05, 4.69) is 4.74 Å². The van der Waals surface area contributed by atoms with Crippen LogP contribution in [0.15, 0.2) is 24.3 Å². The number of aliphatic carboxylic acids is 1. The number of methoxy groups -OCH3 is 1. The highest BCUT2D eigenvalue weighted by Gasteiger charge is 2.43. The van der Waals surface area contributed by atoms with Gasteiger partial charge >= 0.3 is 11.9 Å². The zero-order valence-corrected chi connectivity index (χ0v) is 11.2. The number of fused-ring (bicyclic) bond motifs is 1. The van der Waals surface area contributed by atoms with Crippen LogP contribution in [0.4, 0.5) is 0 Å². The third kappa shape index (κ3) is 2.62. The van der Waals surface area contributed by atoms with Gasteiger partial charge in [-0.25, -0.2) is 4.79 Å². The Balaban J connectivity index is 2.33. The molecule has 2 amide bonds. The third-order valence-corrected chi connectivity index (χ3v) is 3.24. The normalized spacial score (nSPS) is 14.8. The lowest BCUT2D eigenvalue weighted by Crippen LogP contribution is -2.45. The van der Waals surface area contributed by atoms with Crippen molar-refractivity contribution in [1.29, 1.82) is 0 Å². The molecule has 1 unspecified atom stereocenters. The van der Waals surface area contributed by atoms with Gasteiger partial charge in [-0.15, -0.1) is 0 Å². The molecule has 1 heterocycles. The Kier molecular flexibility index (Phi) is 4.02. The Bertz CT molecular complexity index is 589. The number of nitrogens with zero attached hydrogens (tertiary/aromatic N) is 1. The third-order valence-electron chi connectivity index (χ3n) is 3.24. The van der Waals surface area contributed by atoms with E-state index in [9.17, 15) is 19.2 Å². The summed E-state index contributed by atoms with van der Waals surface area (Å²) in [7, 11) is 1.12. The molecule has 1 aliphatic rings. The maximum atomic E-state index is 12.3. The predicted molar refractivity (Wildman–Crippen MR) is 69.6 cm³/mol. The number of carboxylic acid groups (broad SMARTS) is 1. The van der Waals surface area contributed by atoms with Crippen molar-refractivity contribution in [3.8, 4) is 0 Å². The molecule has 0 fully saturated rings. The zero-order chi connectivity index (χ0) is 15.6. The fourth-order valence-corrected chi connectivity index (χ4v) is 2.24. The Hall–Kier alpha value is -2.70. The van der Waals surface area contributed by atoms with Gasteiger partial charge in [0.25, 0.3) is 11.8 Å². The minimum atomic E-state index is -1.24. The molecule has 7 nitrogen and oxygen atoms in total. The number of amides is 2. The van der Waals surface area contributed by atoms with Crippen LogP contribution in [0.1, 0.15) is 33.6 Å². The van der Waals surface area contributed by atoms with Crippen molar-refractivity contribution in [3.63, 3.8) is 0 Å². The van der Waals surface area contributed by atoms with Gasteiger partial charge in [0.05, 0.1) is 18.2 Å². The Morgan fingerprint density at radius 2 is 1.71 bits per heavy atom. The smallest absolute Gasteiger partial charge is 0.329 e. The molecular formula is C14H13NO6. The van der Waals surface area contributed by atoms with Gasteiger partial charge in [-0.1, -0.05) is 12.1 Å². The maximum Gasteiger partial charge on any atom is 0.329 e. The van der Waals surface area contributed by atoms with Gasteiger partial charge in [-0.05, 0) is 18.6 Å². The molecule has 0 bridgehead atoms.